The van der Waals surface area contributed by atoms with Crippen molar-refractivity contribution in [1.29, 1.82) is 0 Å². The molecule has 17 heavy (non-hydrogen) atoms. The van der Waals surface area contributed by atoms with Gasteiger partial charge in [-0.2, -0.15) is 0 Å². The highest BCUT2D eigenvalue weighted by atomic mass is 16.6. The Morgan fingerprint density at radius 3 is 2.41 bits per heavy atom. The van der Waals surface area contributed by atoms with Crippen LogP contribution in [0.1, 0.15) is 24.8 Å². The van der Waals surface area contributed by atoms with E-state index in [4.69, 9.17) is 0 Å². The highest BCUT2D eigenvalue weighted by molar-refractivity contribution is 5.23. The molecule has 3 nitrogen and oxygen atoms in total. The van der Waals surface area contributed by atoms with E-state index in [0.29, 0.717) is 12.1 Å². The summed E-state index contributed by atoms with van der Waals surface area (Å²) in [6.07, 6.45) is 6.93. The molecule has 3 heteroatoms. The third kappa shape index (κ3) is 3.28. The second-order valence-electron chi connectivity index (χ2n) is 4.23. The highest BCUT2D eigenvalue weighted by Crippen LogP contribution is 2.22. The molecular weight excluding hydrogens is 214 g/mol. The fourth-order valence-corrected chi connectivity index (χ4v) is 1.98. The number of nitrogens with zero attached hydrogens (tertiary/aromatic N) is 1. The van der Waals surface area contributed by atoms with E-state index >= 15 is 0 Å². The molecule has 0 saturated carbocycles. The number of nitro groups is 1. The molecule has 0 unspecified atom stereocenters. The third-order valence-electron chi connectivity index (χ3n) is 3.03. The molecule has 2 rings (SSSR count). The maximum absolute atomic E-state index is 10.5. The van der Waals surface area contributed by atoms with Gasteiger partial charge in [0.1, 0.15) is 0 Å². The predicted molar refractivity (Wildman–Crippen MR) is 67.2 cm³/mol. The number of benzene rings is 1. The molecular formula is C14H15NO2. The van der Waals surface area contributed by atoms with Crippen LogP contribution in [0.2, 0.25) is 0 Å². The van der Waals surface area contributed by atoms with Crippen molar-refractivity contribution in [3.8, 4) is 0 Å². The van der Waals surface area contributed by atoms with Gasteiger partial charge in [-0.15, -0.1) is 0 Å². The summed E-state index contributed by atoms with van der Waals surface area (Å²) in [7, 11) is 0. The van der Waals surface area contributed by atoms with Crippen molar-refractivity contribution in [3.05, 3.63) is 69.4 Å². The Hall–Kier alpha value is -1.90. The van der Waals surface area contributed by atoms with Crippen molar-refractivity contribution in [3.63, 3.8) is 0 Å². The number of hydrogen-bond donors (Lipinski definition) is 0. The van der Waals surface area contributed by atoms with E-state index in [1.807, 2.05) is 24.3 Å². The highest BCUT2D eigenvalue weighted by Gasteiger charge is 2.14. The average molecular weight is 229 g/mol. The van der Waals surface area contributed by atoms with Gasteiger partial charge in [0.25, 0.3) is 0 Å². The van der Waals surface area contributed by atoms with Crippen LogP contribution in [0.4, 0.5) is 0 Å². The number of allylic oxidation sites excluding steroid dienone is 4. The Balaban J connectivity index is 1.91. The van der Waals surface area contributed by atoms with Gasteiger partial charge < -0.3 is 0 Å². The maximum atomic E-state index is 10.5. The number of rotatable bonds is 4. The second kappa shape index (κ2) is 5.43. The van der Waals surface area contributed by atoms with Gasteiger partial charge in [0, 0.05) is 12.5 Å². The first-order chi connectivity index (χ1) is 8.25. The average Bonchev–Trinajstić information content (AvgIpc) is 2.38. The van der Waals surface area contributed by atoms with E-state index in [-0.39, 0.29) is 4.92 Å². The van der Waals surface area contributed by atoms with Gasteiger partial charge >= 0.3 is 0 Å². The summed E-state index contributed by atoms with van der Waals surface area (Å²) in [5.74, 6) is 0. The maximum Gasteiger partial charge on any atom is 0.246 e. The quantitative estimate of drug-likeness (QED) is 0.585. The van der Waals surface area contributed by atoms with Gasteiger partial charge in [-0.25, -0.2) is 0 Å². The fraction of sp³-hybridized carbons (Fsp3) is 0.286. The Kier molecular flexibility index (Phi) is 3.70. The van der Waals surface area contributed by atoms with Crippen LogP contribution >= 0.6 is 0 Å². The second-order valence-corrected chi connectivity index (χ2v) is 4.23. The van der Waals surface area contributed by atoms with Crippen molar-refractivity contribution < 1.29 is 4.92 Å². The molecule has 1 aliphatic carbocycles. The zero-order valence-corrected chi connectivity index (χ0v) is 9.63. The van der Waals surface area contributed by atoms with E-state index < -0.39 is 0 Å². The van der Waals surface area contributed by atoms with Crippen molar-refractivity contribution in [1.82, 2.24) is 0 Å². The molecule has 88 valence electrons. The molecule has 0 amide bonds. The predicted octanol–water partition coefficient (Wildman–Crippen LogP) is 3.50. The van der Waals surface area contributed by atoms with Crippen LogP contribution in [0.15, 0.2) is 53.8 Å². The Morgan fingerprint density at radius 1 is 1.06 bits per heavy atom. The Bertz CT molecular complexity index is 460. The number of hydrogen-bond acceptors (Lipinski definition) is 2. The van der Waals surface area contributed by atoms with Gasteiger partial charge in [0.05, 0.1) is 4.92 Å². The van der Waals surface area contributed by atoms with Crippen LogP contribution < -0.4 is 0 Å². The summed E-state index contributed by atoms with van der Waals surface area (Å²) < 4.78 is 0. The minimum absolute atomic E-state index is 0.287. The van der Waals surface area contributed by atoms with Crippen molar-refractivity contribution in [2.75, 3.05) is 0 Å². The molecule has 0 radical (unpaired) electrons. The molecule has 0 N–H and O–H groups in total. The molecule has 0 heterocycles. The zero-order valence-electron chi connectivity index (χ0n) is 9.63. The van der Waals surface area contributed by atoms with Crippen molar-refractivity contribution in [2.24, 2.45) is 0 Å². The summed E-state index contributed by atoms with van der Waals surface area (Å²) >= 11 is 0. The summed E-state index contributed by atoms with van der Waals surface area (Å²) in [5.41, 5.74) is 2.95. The Labute approximate surface area is 101 Å². The van der Waals surface area contributed by atoms with Gasteiger partial charge in [-0.05, 0) is 24.8 Å². The normalized spacial score (nSPS) is 15.1. The summed E-state index contributed by atoms with van der Waals surface area (Å²) in [5, 5.41) is 10.5. The Morgan fingerprint density at radius 2 is 1.82 bits per heavy atom. The van der Waals surface area contributed by atoms with E-state index in [1.165, 1.54) is 11.1 Å². The monoisotopic (exact) mass is 229 g/mol. The van der Waals surface area contributed by atoms with Gasteiger partial charge in [-0.3, -0.25) is 10.1 Å². The molecule has 0 aliphatic heterocycles. The lowest BCUT2D eigenvalue weighted by Gasteiger charge is -2.09. The van der Waals surface area contributed by atoms with Crippen molar-refractivity contribution >= 4 is 0 Å². The molecule has 0 bridgehead atoms. The molecule has 1 aromatic carbocycles. The third-order valence-corrected chi connectivity index (χ3v) is 3.03. The largest absolute Gasteiger partial charge is 0.259 e. The van der Waals surface area contributed by atoms with Crippen LogP contribution in [0.5, 0.6) is 0 Å². The van der Waals surface area contributed by atoms with Crippen LogP contribution in [-0.4, -0.2) is 4.92 Å². The van der Waals surface area contributed by atoms with Crippen LogP contribution in [0, 0.1) is 10.1 Å². The molecule has 0 aromatic heterocycles. The summed E-state index contributed by atoms with van der Waals surface area (Å²) in [6.45, 7) is 0. The van der Waals surface area contributed by atoms with Gasteiger partial charge in [-0.1, -0.05) is 42.0 Å². The van der Waals surface area contributed by atoms with E-state index in [9.17, 15) is 10.1 Å². The van der Waals surface area contributed by atoms with Crippen LogP contribution in [0.3, 0.4) is 0 Å². The molecule has 0 fully saturated rings. The van der Waals surface area contributed by atoms with E-state index in [2.05, 4.69) is 12.1 Å². The first-order valence-electron chi connectivity index (χ1n) is 5.82. The van der Waals surface area contributed by atoms with Gasteiger partial charge in [0.15, 0.2) is 0 Å². The van der Waals surface area contributed by atoms with E-state index in [0.717, 1.165) is 19.3 Å². The molecule has 1 aromatic rings. The molecule has 0 saturated heterocycles. The van der Waals surface area contributed by atoms with Crippen LogP contribution in [-0.2, 0) is 6.42 Å². The minimum Gasteiger partial charge on any atom is -0.259 e. The lowest BCUT2D eigenvalue weighted by molar-refractivity contribution is -0.428. The minimum atomic E-state index is -0.287. The van der Waals surface area contributed by atoms with Crippen LogP contribution in [0.25, 0.3) is 0 Å². The van der Waals surface area contributed by atoms with Gasteiger partial charge in [0.2, 0.25) is 5.70 Å². The van der Waals surface area contributed by atoms with Crippen molar-refractivity contribution in [2.45, 2.75) is 25.7 Å². The summed E-state index contributed by atoms with van der Waals surface area (Å²) in [6, 6.07) is 10.3. The topological polar surface area (TPSA) is 43.1 Å². The SMILES string of the molecule is O=[N+]([O-])C1=CC=C(CCc2ccccc2)CC1. The smallest absolute Gasteiger partial charge is 0.246 e. The zero-order chi connectivity index (χ0) is 12.1. The fourth-order valence-electron chi connectivity index (χ4n) is 1.98. The first-order valence-corrected chi connectivity index (χ1v) is 5.82. The summed E-state index contributed by atoms with van der Waals surface area (Å²) in [4.78, 5) is 10.3. The number of aryl methyl sites for hydroxylation is 1. The standard InChI is InChI=1S/C14H15NO2/c16-15(17)14-10-8-13(9-11-14)7-6-12-4-2-1-3-5-12/h1-5,8,10H,6-7,9,11H2. The first kappa shape index (κ1) is 11.6. The molecule has 1 aliphatic rings. The van der Waals surface area contributed by atoms with E-state index in [1.54, 1.807) is 6.08 Å². The molecule has 0 atom stereocenters. The lowest BCUT2D eigenvalue weighted by Crippen LogP contribution is -2.03. The molecule has 0 spiro atoms. The lowest BCUT2D eigenvalue weighted by atomic mass is 9.96.